The summed E-state index contributed by atoms with van der Waals surface area (Å²) < 4.78 is 47.9. The number of morpholine rings is 1. The molecule has 0 N–H and O–H groups in total. The number of rotatable bonds is 3. The smallest absolute Gasteiger partial charge is 0.378 e. The van der Waals surface area contributed by atoms with E-state index in [1.54, 1.807) is 6.07 Å². The van der Waals surface area contributed by atoms with Gasteiger partial charge in [0, 0.05) is 35.9 Å². The van der Waals surface area contributed by atoms with E-state index in [0.717, 1.165) is 54.0 Å². The molecule has 0 aliphatic carbocycles. The van der Waals surface area contributed by atoms with Gasteiger partial charge in [0.05, 0.1) is 18.7 Å². The van der Waals surface area contributed by atoms with Gasteiger partial charge >= 0.3 is 12.1 Å². The minimum Gasteiger partial charge on any atom is -0.378 e. The molecule has 5 rings (SSSR count). The number of nitrogens with zero attached hydrogens (tertiary/aromatic N) is 4. The van der Waals surface area contributed by atoms with Crippen molar-refractivity contribution in [2.45, 2.75) is 6.18 Å². The van der Waals surface area contributed by atoms with Gasteiger partial charge in [0.1, 0.15) is 0 Å². The second kappa shape index (κ2) is 7.66. The number of anilines is 1. The van der Waals surface area contributed by atoms with E-state index in [1.807, 2.05) is 18.2 Å². The molecule has 1 aliphatic heterocycles. The maximum absolute atomic E-state index is 12.7. The molecule has 2 aromatic heterocycles. The summed E-state index contributed by atoms with van der Waals surface area (Å²) in [4.78, 5) is 10.0. The zero-order valence-electron chi connectivity index (χ0n) is 16.3. The van der Waals surface area contributed by atoms with Crippen LogP contribution < -0.4 is 4.90 Å². The summed E-state index contributed by atoms with van der Waals surface area (Å²) >= 11 is 0. The van der Waals surface area contributed by atoms with Crippen molar-refractivity contribution in [3.63, 3.8) is 0 Å². The highest BCUT2D eigenvalue weighted by Crippen LogP contribution is 2.31. The fraction of sp³-hybridized carbons (Fsp3) is 0.227. The van der Waals surface area contributed by atoms with Crippen molar-refractivity contribution >= 4 is 16.6 Å². The lowest BCUT2D eigenvalue weighted by Crippen LogP contribution is -2.36. The standard InChI is InChI=1S/C22H17F3N4O2/c23-22(24,25)21-27-20(28-31-21)17-12-16-11-15(3-6-19(16)26-13-17)14-1-4-18(5-2-14)29-7-9-30-10-8-29/h1-6,11-13H,7-10H2. The van der Waals surface area contributed by atoms with Crippen LogP contribution in [0, 0.1) is 0 Å². The average molecular weight is 426 g/mol. The predicted molar refractivity (Wildman–Crippen MR) is 109 cm³/mol. The van der Waals surface area contributed by atoms with Crippen LogP contribution in [-0.4, -0.2) is 41.4 Å². The average Bonchev–Trinajstić information content (AvgIpc) is 3.30. The molecule has 2 aromatic carbocycles. The molecule has 0 unspecified atom stereocenters. The van der Waals surface area contributed by atoms with Crippen molar-refractivity contribution in [2.24, 2.45) is 0 Å². The first-order valence-electron chi connectivity index (χ1n) is 9.72. The van der Waals surface area contributed by atoms with E-state index in [-0.39, 0.29) is 5.82 Å². The molecule has 31 heavy (non-hydrogen) atoms. The van der Waals surface area contributed by atoms with Crippen molar-refractivity contribution in [1.82, 2.24) is 15.1 Å². The van der Waals surface area contributed by atoms with Crippen LogP contribution >= 0.6 is 0 Å². The molecule has 0 radical (unpaired) electrons. The Bertz CT molecular complexity index is 1220. The Kier molecular flexibility index (Phi) is 4.82. The molecule has 0 atom stereocenters. The van der Waals surface area contributed by atoms with E-state index < -0.39 is 12.1 Å². The number of hydrogen-bond donors (Lipinski definition) is 0. The lowest BCUT2D eigenvalue weighted by molar-refractivity contribution is -0.159. The molecule has 1 fully saturated rings. The lowest BCUT2D eigenvalue weighted by Gasteiger charge is -2.28. The minimum atomic E-state index is -4.68. The fourth-order valence-electron chi connectivity index (χ4n) is 3.58. The topological polar surface area (TPSA) is 64.3 Å². The Hall–Kier alpha value is -3.46. The molecule has 158 valence electrons. The van der Waals surface area contributed by atoms with E-state index in [0.29, 0.717) is 5.56 Å². The Balaban J connectivity index is 1.44. The summed E-state index contributed by atoms with van der Waals surface area (Å²) in [6, 6.07) is 15.8. The Morgan fingerprint density at radius 3 is 2.29 bits per heavy atom. The third-order valence-electron chi connectivity index (χ3n) is 5.18. The van der Waals surface area contributed by atoms with Crippen LogP contribution in [0.4, 0.5) is 18.9 Å². The molecule has 1 saturated heterocycles. The third kappa shape index (κ3) is 3.96. The van der Waals surface area contributed by atoms with Crippen molar-refractivity contribution in [1.29, 1.82) is 0 Å². The fourth-order valence-corrected chi connectivity index (χ4v) is 3.58. The zero-order chi connectivity index (χ0) is 21.4. The van der Waals surface area contributed by atoms with Crippen LogP contribution in [0.3, 0.4) is 0 Å². The van der Waals surface area contributed by atoms with Gasteiger partial charge in [-0.3, -0.25) is 4.98 Å². The van der Waals surface area contributed by atoms with Crippen LogP contribution in [0.1, 0.15) is 5.89 Å². The molecular formula is C22H17F3N4O2. The number of pyridine rings is 1. The molecule has 0 saturated carbocycles. The number of ether oxygens (including phenoxy) is 1. The van der Waals surface area contributed by atoms with E-state index in [4.69, 9.17) is 4.74 Å². The largest absolute Gasteiger partial charge is 0.471 e. The number of halogens is 3. The second-order valence-corrected chi connectivity index (χ2v) is 7.20. The van der Waals surface area contributed by atoms with Crippen LogP contribution in [0.25, 0.3) is 33.4 Å². The van der Waals surface area contributed by atoms with Crippen LogP contribution in [0.5, 0.6) is 0 Å². The zero-order valence-corrected chi connectivity index (χ0v) is 16.3. The molecule has 0 bridgehead atoms. The Labute approximate surface area is 175 Å². The molecule has 9 heteroatoms. The number of hydrogen-bond acceptors (Lipinski definition) is 6. The monoisotopic (exact) mass is 426 g/mol. The van der Waals surface area contributed by atoms with Crippen LogP contribution in [-0.2, 0) is 10.9 Å². The highest BCUT2D eigenvalue weighted by atomic mass is 19.4. The number of alkyl halides is 3. The lowest BCUT2D eigenvalue weighted by atomic mass is 10.0. The van der Waals surface area contributed by atoms with E-state index in [2.05, 4.69) is 48.8 Å². The SMILES string of the molecule is FC(F)(F)c1nc(-c2cnc3ccc(-c4ccc(N5CCOCC5)cc4)cc3c2)no1. The predicted octanol–water partition coefficient (Wildman–Crippen LogP) is 4.81. The van der Waals surface area contributed by atoms with Gasteiger partial charge in [-0.1, -0.05) is 23.4 Å². The first-order valence-corrected chi connectivity index (χ1v) is 9.72. The first-order chi connectivity index (χ1) is 15.0. The van der Waals surface area contributed by atoms with Gasteiger partial charge in [-0.25, -0.2) is 0 Å². The van der Waals surface area contributed by atoms with Gasteiger partial charge in [-0.2, -0.15) is 18.2 Å². The summed E-state index contributed by atoms with van der Waals surface area (Å²) in [5, 5.41) is 4.20. The van der Waals surface area contributed by atoms with Crippen LogP contribution in [0.2, 0.25) is 0 Å². The Morgan fingerprint density at radius 1 is 0.871 bits per heavy atom. The van der Waals surface area contributed by atoms with Gasteiger partial charge in [0.15, 0.2) is 0 Å². The summed E-state index contributed by atoms with van der Waals surface area (Å²) in [6.07, 6.45) is -3.25. The van der Waals surface area contributed by atoms with Crippen molar-refractivity contribution < 1.29 is 22.4 Å². The normalized spacial score (nSPS) is 14.9. The quantitative estimate of drug-likeness (QED) is 0.469. The van der Waals surface area contributed by atoms with Crippen molar-refractivity contribution in [3.05, 3.63) is 60.6 Å². The highest BCUT2D eigenvalue weighted by Gasteiger charge is 2.38. The molecule has 0 spiro atoms. The van der Waals surface area contributed by atoms with Gasteiger partial charge in [-0.15, -0.1) is 0 Å². The van der Waals surface area contributed by atoms with Crippen molar-refractivity contribution in [2.75, 3.05) is 31.2 Å². The van der Waals surface area contributed by atoms with E-state index >= 15 is 0 Å². The molecule has 3 heterocycles. The summed E-state index contributed by atoms with van der Waals surface area (Å²) in [7, 11) is 0. The number of fused-ring (bicyclic) bond motifs is 1. The van der Waals surface area contributed by atoms with Crippen LogP contribution in [0.15, 0.2) is 59.3 Å². The van der Waals surface area contributed by atoms with Gasteiger partial charge in [-0.05, 0) is 41.5 Å². The van der Waals surface area contributed by atoms with E-state index in [9.17, 15) is 13.2 Å². The maximum Gasteiger partial charge on any atom is 0.471 e. The summed E-state index contributed by atoms with van der Waals surface area (Å²) in [5.41, 5.74) is 4.23. The van der Waals surface area contributed by atoms with Crippen molar-refractivity contribution in [3.8, 4) is 22.5 Å². The summed E-state index contributed by atoms with van der Waals surface area (Å²) in [5.74, 6) is -1.53. The van der Waals surface area contributed by atoms with Gasteiger partial charge < -0.3 is 14.2 Å². The Morgan fingerprint density at radius 2 is 1.58 bits per heavy atom. The minimum absolute atomic E-state index is 0.151. The second-order valence-electron chi connectivity index (χ2n) is 7.20. The summed E-state index contributed by atoms with van der Waals surface area (Å²) in [6.45, 7) is 3.20. The van der Waals surface area contributed by atoms with Gasteiger partial charge in [0.2, 0.25) is 5.82 Å². The molecule has 0 amide bonds. The highest BCUT2D eigenvalue weighted by molar-refractivity contribution is 5.87. The third-order valence-corrected chi connectivity index (χ3v) is 5.18. The number of benzene rings is 2. The maximum atomic E-state index is 12.7. The molecular weight excluding hydrogens is 409 g/mol. The molecule has 4 aromatic rings. The molecule has 6 nitrogen and oxygen atoms in total. The molecule has 1 aliphatic rings. The number of aromatic nitrogens is 3. The van der Waals surface area contributed by atoms with Gasteiger partial charge in [0.25, 0.3) is 0 Å². The first kappa shape index (κ1) is 19.5. The van der Waals surface area contributed by atoms with E-state index in [1.165, 1.54) is 6.20 Å².